The molecule has 0 aromatic carbocycles. The van der Waals surface area contributed by atoms with Gasteiger partial charge in [-0.25, -0.2) is 0 Å². The van der Waals surface area contributed by atoms with Crippen molar-refractivity contribution in [3.63, 3.8) is 0 Å². The zero-order valence-electron chi connectivity index (χ0n) is 6.25. The van der Waals surface area contributed by atoms with Crippen LogP contribution in [0.2, 0.25) is 0 Å². The van der Waals surface area contributed by atoms with Crippen molar-refractivity contribution in [1.29, 1.82) is 0 Å². The van der Waals surface area contributed by atoms with Crippen molar-refractivity contribution in [3.05, 3.63) is 54.8 Å². The number of hydrogen-bond acceptors (Lipinski definition) is 0. The van der Waals surface area contributed by atoms with Crippen LogP contribution in [-0.4, -0.2) is 0 Å². The maximum atomic E-state index is 3.42. The van der Waals surface area contributed by atoms with Gasteiger partial charge in [0, 0.05) is 0 Å². The molecule has 0 heterocycles. The van der Waals surface area contributed by atoms with E-state index in [1.54, 1.807) is 6.08 Å². The molecule has 0 nitrogen and oxygen atoms in total. The minimum absolute atomic E-state index is 1.76. The fourth-order valence-electron chi connectivity index (χ4n) is 0.427. The van der Waals surface area contributed by atoms with Crippen LogP contribution in [0.5, 0.6) is 0 Å². The van der Waals surface area contributed by atoms with Crippen molar-refractivity contribution in [2.45, 2.75) is 6.92 Å². The van der Waals surface area contributed by atoms with Crippen molar-refractivity contribution in [3.8, 4) is 0 Å². The minimum atomic E-state index is 1.76. The van der Waals surface area contributed by atoms with Crippen LogP contribution >= 0.6 is 0 Å². The standard InChI is InChI=1S/C10H12/c1-3-5-7-9-10-8-6-4-2/h4-10H,1H2,2H3. The molecule has 0 aliphatic carbocycles. The monoisotopic (exact) mass is 132 g/mol. The average molecular weight is 132 g/mol. The fraction of sp³-hybridized carbons (Fsp3) is 0.100. The van der Waals surface area contributed by atoms with Crippen LogP contribution in [-0.2, 0) is 0 Å². The molecule has 0 N–H and O–H groups in total. The molecule has 0 fully saturated rings. The summed E-state index contributed by atoms with van der Waals surface area (Å²) in [7, 11) is 0. The lowest BCUT2D eigenvalue weighted by Crippen LogP contribution is -1.48. The first kappa shape index (κ1) is 8.74. The van der Waals surface area contributed by atoms with E-state index in [1.807, 2.05) is 43.4 Å². The van der Waals surface area contributed by atoms with E-state index < -0.39 is 0 Å². The van der Waals surface area contributed by atoms with Crippen LogP contribution in [0, 0.1) is 0 Å². The van der Waals surface area contributed by atoms with Gasteiger partial charge in [0.15, 0.2) is 0 Å². The smallest absolute Gasteiger partial charge is 0.0206 e. The maximum absolute atomic E-state index is 3.42. The fourth-order valence-corrected chi connectivity index (χ4v) is 0.427. The zero-order chi connectivity index (χ0) is 7.66. The van der Waals surface area contributed by atoms with Crippen LogP contribution in [0.1, 0.15) is 6.92 Å². The molecule has 0 unspecified atom stereocenters. The SMILES string of the molecule is C=C=CC=CC=CC=CC. The molecule has 0 aromatic rings. The molecule has 0 saturated heterocycles. The van der Waals surface area contributed by atoms with Crippen LogP contribution in [0.4, 0.5) is 0 Å². The third kappa shape index (κ3) is 6.74. The summed E-state index contributed by atoms with van der Waals surface area (Å²) in [6, 6.07) is 0. The summed E-state index contributed by atoms with van der Waals surface area (Å²) in [5, 5.41) is 0. The molecule has 0 saturated carbocycles. The van der Waals surface area contributed by atoms with Crippen LogP contribution < -0.4 is 0 Å². The lowest BCUT2D eigenvalue weighted by Gasteiger charge is -1.69. The Kier molecular flexibility index (Phi) is 6.76. The third-order valence-electron chi connectivity index (χ3n) is 0.851. The first-order chi connectivity index (χ1) is 4.91. The van der Waals surface area contributed by atoms with Crippen molar-refractivity contribution in [2.75, 3.05) is 0 Å². The highest BCUT2D eigenvalue weighted by Crippen LogP contribution is 1.79. The number of hydrogen-bond donors (Lipinski definition) is 0. The van der Waals surface area contributed by atoms with E-state index in [0.29, 0.717) is 0 Å². The quantitative estimate of drug-likeness (QED) is 0.409. The Balaban J connectivity index is 3.61. The van der Waals surface area contributed by atoms with E-state index in [-0.39, 0.29) is 0 Å². The Labute approximate surface area is 62.6 Å². The van der Waals surface area contributed by atoms with Crippen LogP contribution in [0.15, 0.2) is 54.8 Å². The summed E-state index contributed by atoms with van der Waals surface area (Å²) < 4.78 is 0. The molecule has 0 aliphatic rings. The van der Waals surface area contributed by atoms with Gasteiger partial charge >= 0.3 is 0 Å². The van der Waals surface area contributed by atoms with Crippen molar-refractivity contribution >= 4 is 0 Å². The Bertz CT molecular complexity index is 186. The van der Waals surface area contributed by atoms with E-state index in [0.717, 1.165) is 0 Å². The topological polar surface area (TPSA) is 0 Å². The molecule has 0 aromatic heterocycles. The van der Waals surface area contributed by atoms with Gasteiger partial charge in [-0.2, -0.15) is 0 Å². The predicted octanol–water partition coefficient (Wildman–Crippen LogP) is 3.02. The molecule has 0 atom stereocenters. The molecule has 10 heavy (non-hydrogen) atoms. The summed E-state index contributed by atoms with van der Waals surface area (Å²) in [6.07, 6.45) is 13.4. The molecule has 0 amide bonds. The molecule has 0 radical (unpaired) electrons. The molecule has 0 rings (SSSR count). The Morgan fingerprint density at radius 1 is 1.00 bits per heavy atom. The largest absolute Gasteiger partial charge is 0.129 e. The van der Waals surface area contributed by atoms with Crippen molar-refractivity contribution < 1.29 is 0 Å². The van der Waals surface area contributed by atoms with Gasteiger partial charge in [-0.3, -0.25) is 0 Å². The predicted molar refractivity (Wildman–Crippen MR) is 46.8 cm³/mol. The first-order valence-corrected chi connectivity index (χ1v) is 3.22. The van der Waals surface area contributed by atoms with Gasteiger partial charge in [-0.15, -0.1) is 5.73 Å². The van der Waals surface area contributed by atoms with Crippen LogP contribution in [0.25, 0.3) is 0 Å². The highest BCUT2D eigenvalue weighted by atomic mass is 13.6. The van der Waals surface area contributed by atoms with E-state index in [2.05, 4.69) is 12.3 Å². The molecule has 0 spiro atoms. The van der Waals surface area contributed by atoms with Gasteiger partial charge in [0.2, 0.25) is 0 Å². The average Bonchev–Trinajstić information content (AvgIpc) is 1.97. The first-order valence-electron chi connectivity index (χ1n) is 3.22. The lowest BCUT2D eigenvalue weighted by atomic mass is 10.4. The molecule has 0 aliphatic heterocycles. The van der Waals surface area contributed by atoms with Gasteiger partial charge in [-0.1, -0.05) is 43.0 Å². The minimum Gasteiger partial charge on any atom is -0.129 e. The molecule has 0 heteroatoms. The van der Waals surface area contributed by atoms with E-state index in [4.69, 9.17) is 0 Å². The summed E-state index contributed by atoms with van der Waals surface area (Å²) in [4.78, 5) is 0. The zero-order valence-corrected chi connectivity index (χ0v) is 6.25. The van der Waals surface area contributed by atoms with E-state index >= 15 is 0 Å². The maximum Gasteiger partial charge on any atom is -0.0206 e. The third-order valence-corrected chi connectivity index (χ3v) is 0.851. The van der Waals surface area contributed by atoms with Crippen LogP contribution in [0.3, 0.4) is 0 Å². The van der Waals surface area contributed by atoms with Gasteiger partial charge in [0.05, 0.1) is 0 Å². The summed E-state index contributed by atoms with van der Waals surface area (Å²) in [5.74, 6) is 0. The highest BCUT2D eigenvalue weighted by Gasteiger charge is 1.58. The van der Waals surface area contributed by atoms with Gasteiger partial charge in [-0.05, 0) is 13.0 Å². The second-order valence-corrected chi connectivity index (χ2v) is 1.67. The van der Waals surface area contributed by atoms with Gasteiger partial charge in [0.25, 0.3) is 0 Å². The summed E-state index contributed by atoms with van der Waals surface area (Å²) in [5.41, 5.74) is 2.64. The van der Waals surface area contributed by atoms with E-state index in [1.165, 1.54) is 0 Å². The Morgan fingerprint density at radius 2 is 1.60 bits per heavy atom. The van der Waals surface area contributed by atoms with E-state index in [9.17, 15) is 0 Å². The molecular formula is C10H12. The molecule has 0 bridgehead atoms. The summed E-state index contributed by atoms with van der Waals surface area (Å²) >= 11 is 0. The molecular weight excluding hydrogens is 120 g/mol. The summed E-state index contributed by atoms with van der Waals surface area (Å²) in [6.45, 7) is 5.41. The van der Waals surface area contributed by atoms with Crippen molar-refractivity contribution in [1.82, 2.24) is 0 Å². The number of allylic oxidation sites excluding steroid dienone is 7. The highest BCUT2D eigenvalue weighted by molar-refractivity contribution is 5.14. The second kappa shape index (κ2) is 7.74. The van der Waals surface area contributed by atoms with Crippen molar-refractivity contribution in [2.24, 2.45) is 0 Å². The van der Waals surface area contributed by atoms with Gasteiger partial charge < -0.3 is 0 Å². The Hall–Kier alpha value is -1.26. The normalized spacial score (nSPS) is 11.3. The van der Waals surface area contributed by atoms with Gasteiger partial charge in [0.1, 0.15) is 0 Å². The second-order valence-electron chi connectivity index (χ2n) is 1.67. The molecule has 52 valence electrons. The Morgan fingerprint density at radius 3 is 2.20 bits per heavy atom. The lowest BCUT2D eigenvalue weighted by molar-refractivity contribution is 1.73. The number of rotatable bonds is 3.